The van der Waals surface area contributed by atoms with Crippen molar-refractivity contribution < 1.29 is 9.47 Å². The van der Waals surface area contributed by atoms with Crippen LogP contribution in [-0.2, 0) is 0 Å². The van der Waals surface area contributed by atoms with Crippen LogP contribution in [0.5, 0.6) is 23.0 Å². The predicted molar refractivity (Wildman–Crippen MR) is 313 cm³/mol. The molecule has 360 valence electrons. The third kappa shape index (κ3) is 5.56. The first-order valence-electron chi connectivity index (χ1n) is 26.1. The molecule has 4 aliphatic rings. The molecule has 2 aromatic heterocycles. The third-order valence-corrected chi connectivity index (χ3v) is 16.3. The van der Waals surface area contributed by atoms with Gasteiger partial charge in [-0.05, 0) is 126 Å². The van der Waals surface area contributed by atoms with Gasteiger partial charge in [0.25, 0.3) is 6.71 Å². The summed E-state index contributed by atoms with van der Waals surface area (Å²) in [6.45, 7) is -0.283. The summed E-state index contributed by atoms with van der Waals surface area (Å²) in [6, 6.07) is 85.0. The molecule has 10 heteroatoms. The Morgan fingerprint density at radius 3 is 1.13 bits per heavy atom. The van der Waals surface area contributed by atoms with Crippen molar-refractivity contribution in [3.05, 3.63) is 242 Å². The zero-order valence-electron chi connectivity index (χ0n) is 41.5. The number of hydrogen-bond acceptors (Lipinski definition) is 7. The van der Waals surface area contributed by atoms with Gasteiger partial charge >= 0.3 is 0 Å². The van der Waals surface area contributed by atoms with Crippen LogP contribution in [0.2, 0.25) is 0 Å². The van der Waals surface area contributed by atoms with Gasteiger partial charge in [0.2, 0.25) is 0 Å². The van der Waals surface area contributed by atoms with Crippen LogP contribution in [0.15, 0.2) is 231 Å². The van der Waals surface area contributed by atoms with E-state index >= 15 is 0 Å². The third-order valence-electron chi connectivity index (χ3n) is 16.3. The molecule has 0 saturated heterocycles. The number of para-hydroxylation sites is 12. The fraction of sp³-hybridized carbons (Fsp3) is 0. The van der Waals surface area contributed by atoms with Gasteiger partial charge < -0.3 is 33.3 Å². The molecule has 6 heterocycles. The zero-order valence-corrected chi connectivity index (χ0v) is 41.5. The van der Waals surface area contributed by atoms with E-state index in [2.05, 4.69) is 194 Å². The maximum Gasteiger partial charge on any atom is 0.252 e. The van der Waals surface area contributed by atoms with Crippen molar-refractivity contribution in [2.24, 2.45) is 0 Å². The molecular formula is C68H38BN7O2. The molecule has 11 aromatic carbocycles. The summed E-state index contributed by atoms with van der Waals surface area (Å²) < 4.78 is 17.5. The number of aromatic nitrogens is 2. The van der Waals surface area contributed by atoms with Crippen LogP contribution >= 0.6 is 0 Å². The lowest BCUT2D eigenvalue weighted by molar-refractivity contribution is 0.477. The van der Waals surface area contributed by atoms with Gasteiger partial charge in [-0.1, -0.05) is 121 Å². The van der Waals surface area contributed by atoms with E-state index in [1.807, 2.05) is 72.8 Å². The molecule has 0 atom stereocenters. The van der Waals surface area contributed by atoms with Crippen molar-refractivity contribution in [2.75, 3.05) is 14.7 Å². The normalized spacial score (nSPS) is 13.0. The summed E-state index contributed by atoms with van der Waals surface area (Å²) in [5.41, 5.74) is 17.2. The Hall–Kier alpha value is -10.9. The lowest BCUT2D eigenvalue weighted by Gasteiger charge is -2.38. The summed E-state index contributed by atoms with van der Waals surface area (Å²) >= 11 is 0. The van der Waals surface area contributed by atoms with Gasteiger partial charge in [0, 0.05) is 55.3 Å². The maximum atomic E-state index is 12.3. The number of fused-ring (bicyclic) bond motifs is 14. The minimum atomic E-state index is -0.283. The van der Waals surface area contributed by atoms with Crippen LogP contribution in [-0.4, -0.2) is 15.8 Å². The van der Waals surface area contributed by atoms with Crippen molar-refractivity contribution >= 4 is 118 Å². The summed E-state index contributed by atoms with van der Waals surface area (Å²) in [5.74, 6) is 3.03. The molecule has 0 saturated carbocycles. The van der Waals surface area contributed by atoms with Gasteiger partial charge in [-0.3, -0.25) is 0 Å². The minimum absolute atomic E-state index is 0.283. The molecule has 0 bridgehead atoms. The largest absolute Gasteiger partial charge is 0.453 e. The van der Waals surface area contributed by atoms with E-state index in [0.717, 1.165) is 140 Å². The molecule has 0 fully saturated rings. The quantitative estimate of drug-likeness (QED) is 0.159. The summed E-state index contributed by atoms with van der Waals surface area (Å²) in [6.07, 6.45) is 0. The average Bonchev–Trinajstić information content (AvgIpc) is 2.72. The highest BCUT2D eigenvalue weighted by Crippen LogP contribution is 2.54. The number of benzene rings is 11. The van der Waals surface area contributed by atoms with Crippen molar-refractivity contribution in [3.63, 3.8) is 0 Å². The second kappa shape index (κ2) is 15.8. The second-order valence-corrected chi connectivity index (χ2v) is 20.2. The highest BCUT2D eigenvalue weighted by molar-refractivity contribution is 7.00. The fourth-order valence-corrected chi connectivity index (χ4v) is 13.3. The Kier molecular flexibility index (Phi) is 8.59. The number of anilines is 9. The van der Waals surface area contributed by atoms with Gasteiger partial charge in [-0.2, -0.15) is 10.5 Å². The number of hydrogen-bond donors (Lipinski definition) is 0. The van der Waals surface area contributed by atoms with Gasteiger partial charge in [0.05, 0.1) is 50.8 Å². The first kappa shape index (κ1) is 42.4. The van der Waals surface area contributed by atoms with E-state index in [1.54, 1.807) is 0 Å². The topological polar surface area (TPSA) is 85.6 Å². The van der Waals surface area contributed by atoms with Crippen molar-refractivity contribution in [3.8, 4) is 46.5 Å². The van der Waals surface area contributed by atoms with Crippen LogP contribution in [0.3, 0.4) is 0 Å². The molecule has 78 heavy (non-hydrogen) atoms. The van der Waals surface area contributed by atoms with E-state index in [9.17, 15) is 10.5 Å². The van der Waals surface area contributed by atoms with E-state index in [1.165, 1.54) is 0 Å². The van der Waals surface area contributed by atoms with Gasteiger partial charge in [0.1, 0.15) is 23.3 Å². The standard InChI is InChI=1S/C68H38BN7O2/c70-39-49-64(50(40-71)68-63-67(49)75-53-21-3-1-15-45(53)47-17-13-19-51(65(47)75)69(63)52-20-14-18-48-46-16-2-4-22-54(46)76(68)66(48)52)72(41-31-35-43(36-32-41)73-55-23-5-9-27-59(55)77-60-28-10-6-24-56(60)73)42-33-37-44(38-34-42)74-57-25-7-11-29-61(57)78-62-30-12-8-26-58(62)74/h1-38H. The molecule has 0 N–H and O–H groups in total. The Labute approximate surface area is 447 Å². The number of nitriles is 2. The van der Waals surface area contributed by atoms with Gasteiger partial charge in [0.15, 0.2) is 23.0 Å². The molecule has 0 radical (unpaired) electrons. The smallest absolute Gasteiger partial charge is 0.252 e. The van der Waals surface area contributed by atoms with E-state index in [-0.39, 0.29) is 6.71 Å². The fourth-order valence-electron chi connectivity index (χ4n) is 13.3. The summed E-state index contributed by atoms with van der Waals surface area (Å²) in [7, 11) is 0. The molecule has 17 rings (SSSR count). The Balaban J connectivity index is 0.971. The van der Waals surface area contributed by atoms with Crippen LogP contribution < -0.4 is 40.6 Å². The monoisotopic (exact) mass is 995 g/mol. The number of nitrogens with zero attached hydrogens (tertiary/aromatic N) is 7. The predicted octanol–water partition coefficient (Wildman–Crippen LogP) is 15.4. The summed E-state index contributed by atoms with van der Waals surface area (Å²) in [5, 5.41) is 28.9. The Morgan fingerprint density at radius 1 is 0.372 bits per heavy atom. The molecule has 0 aliphatic carbocycles. The van der Waals surface area contributed by atoms with E-state index in [0.29, 0.717) is 16.8 Å². The lowest BCUT2D eigenvalue weighted by Crippen LogP contribution is -2.60. The van der Waals surface area contributed by atoms with Crippen LogP contribution in [0.25, 0.3) is 55.0 Å². The van der Waals surface area contributed by atoms with Crippen molar-refractivity contribution in [2.45, 2.75) is 0 Å². The highest BCUT2D eigenvalue weighted by Gasteiger charge is 2.45. The van der Waals surface area contributed by atoms with Crippen LogP contribution in [0.1, 0.15) is 11.1 Å². The summed E-state index contributed by atoms with van der Waals surface area (Å²) in [4.78, 5) is 6.57. The van der Waals surface area contributed by atoms with Crippen LogP contribution in [0.4, 0.5) is 51.2 Å². The molecule has 0 amide bonds. The van der Waals surface area contributed by atoms with Gasteiger partial charge in [-0.15, -0.1) is 0 Å². The van der Waals surface area contributed by atoms with Crippen molar-refractivity contribution in [1.82, 2.24) is 9.13 Å². The first-order chi connectivity index (χ1) is 38.7. The molecule has 0 spiro atoms. The highest BCUT2D eigenvalue weighted by atomic mass is 16.5. The maximum absolute atomic E-state index is 12.3. The molecule has 4 aliphatic heterocycles. The molecule has 9 nitrogen and oxygen atoms in total. The van der Waals surface area contributed by atoms with E-state index in [4.69, 9.17) is 9.47 Å². The second-order valence-electron chi connectivity index (χ2n) is 20.2. The van der Waals surface area contributed by atoms with Crippen LogP contribution in [0, 0.1) is 22.7 Å². The van der Waals surface area contributed by atoms with E-state index < -0.39 is 0 Å². The molecule has 0 unspecified atom stereocenters. The minimum Gasteiger partial charge on any atom is -0.453 e. The number of ether oxygens (including phenoxy) is 2. The molecule has 13 aromatic rings. The zero-order chi connectivity index (χ0) is 51.3. The average molecular weight is 996 g/mol. The number of rotatable bonds is 5. The Bertz CT molecular complexity index is 4480. The SMILES string of the molecule is N#Cc1c(N(c2ccc(N3c4ccccc4Oc4ccccc43)cc2)c2ccc(N3c4ccccc4Oc4ccccc43)cc2)c(C#N)c2c3c1-n1c4ccccc4c4cccc(c41)B3c1cccc3c4ccccc4n-2c13. The van der Waals surface area contributed by atoms with Gasteiger partial charge in [-0.25, -0.2) is 0 Å². The van der Waals surface area contributed by atoms with Crippen molar-refractivity contribution in [1.29, 1.82) is 10.5 Å². The Morgan fingerprint density at radius 2 is 0.731 bits per heavy atom. The first-order valence-corrected chi connectivity index (χ1v) is 26.1. The lowest BCUT2D eigenvalue weighted by atomic mass is 9.34. The molecular weight excluding hydrogens is 958 g/mol.